The molecule has 1 heterocycles. The van der Waals surface area contributed by atoms with E-state index >= 15 is 0 Å². The minimum Gasteiger partial charge on any atom is -0.351 e. The number of nitrogens with zero attached hydrogens (tertiary/aromatic N) is 3. The molecule has 0 aliphatic rings. The van der Waals surface area contributed by atoms with Crippen LogP contribution in [0.3, 0.4) is 0 Å². The summed E-state index contributed by atoms with van der Waals surface area (Å²) in [5, 5.41) is 10.9. The second-order valence-electron chi connectivity index (χ2n) is 5.45. The Balaban J connectivity index is 1.76. The SMILES string of the molecule is CC(C)[C@H](Cn1ccnn1)NC(=O)CCSc1ccccc1. The van der Waals surface area contributed by atoms with E-state index in [1.54, 1.807) is 22.6 Å². The van der Waals surface area contributed by atoms with E-state index in [0.29, 0.717) is 18.9 Å². The minimum atomic E-state index is 0.0657. The van der Waals surface area contributed by atoms with Gasteiger partial charge in [-0.1, -0.05) is 37.3 Å². The molecule has 118 valence electrons. The fourth-order valence-corrected chi connectivity index (χ4v) is 2.88. The average Bonchev–Trinajstić information content (AvgIpc) is 3.00. The number of thioether (sulfide) groups is 1. The van der Waals surface area contributed by atoms with Crippen LogP contribution < -0.4 is 5.32 Å². The first kappa shape index (κ1) is 16.5. The van der Waals surface area contributed by atoms with Crippen LogP contribution in [0.5, 0.6) is 0 Å². The molecule has 2 aromatic rings. The highest BCUT2D eigenvalue weighted by Crippen LogP contribution is 2.17. The van der Waals surface area contributed by atoms with E-state index in [4.69, 9.17) is 0 Å². The molecular weight excluding hydrogens is 296 g/mol. The zero-order chi connectivity index (χ0) is 15.8. The van der Waals surface area contributed by atoms with E-state index in [2.05, 4.69) is 41.6 Å². The number of benzene rings is 1. The molecule has 0 radical (unpaired) electrons. The standard InChI is InChI=1S/C16H22N4OS/c1-13(2)15(12-20-10-9-17-19-20)18-16(21)8-11-22-14-6-4-3-5-7-14/h3-7,9-10,13,15H,8,11-12H2,1-2H3,(H,18,21)/t15-/m0/s1. The van der Waals surface area contributed by atoms with Gasteiger partial charge in [0, 0.05) is 23.3 Å². The van der Waals surface area contributed by atoms with Gasteiger partial charge >= 0.3 is 0 Å². The van der Waals surface area contributed by atoms with Crippen LogP contribution in [-0.2, 0) is 11.3 Å². The fraction of sp³-hybridized carbons (Fsp3) is 0.438. The fourth-order valence-electron chi connectivity index (χ4n) is 2.01. The summed E-state index contributed by atoms with van der Waals surface area (Å²) in [7, 11) is 0. The van der Waals surface area contributed by atoms with Crippen LogP contribution in [0.4, 0.5) is 0 Å². The zero-order valence-electron chi connectivity index (χ0n) is 13.0. The van der Waals surface area contributed by atoms with Gasteiger partial charge in [-0.3, -0.25) is 9.48 Å². The normalized spacial score (nSPS) is 12.3. The molecule has 1 N–H and O–H groups in total. The second-order valence-corrected chi connectivity index (χ2v) is 6.62. The number of carbonyl (C=O) groups excluding carboxylic acids is 1. The molecular formula is C16H22N4OS. The van der Waals surface area contributed by atoms with Crippen molar-refractivity contribution in [1.29, 1.82) is 0 Å². The predicted octanol–water partition coefficient (Wildman–Crippen LogP) is 2.60. The van der Waals surface area contributed by atoms with E-state index < -0.39 is 0 Å². The van der Waals surface area contributed by atoms with Crippen LogP contribution in [0.25, 0.3) is 0 Å². The number of hydrogen-bond donors (Lipinski definition) is 1. The van der Waals surface area contributed by atoms with Crippen molar-refractivity contribution in [2.45, 2.75) is 37.8 Å². The van der Waals surface area contributed by atoms with Gasteiger partial charge in [0.05, 0.1) is 18.8 Å². The lowest BCUT2D eigenvalue weighted by Gasteiger charge is -2.22. The molecule has 0 saturated heterocycles. The molecule has 0 fully saturated rings. The molecule has 0 aliphatic heterocycles. The Morgan fingerprint density at radius 2 is 2.09 bits per heavy atom. The first-order valence-corrected chi connectivity index (χ1v) is 8.45. The maximum absolute atomic E-state index is 12.1. The highest BCUT2D eigenvalue weighted by molar-refractivity contribution is 7.99. The van der Waals surface area contributed by atoms with E-state index in [9.17, 15) is 4.79 Å². The van der Waals surface area contributed by atoms with E-state index in [1.165, 1.54) is 4.90 Å². The molecule has 5 nitrogen and oxygen atoms in total. The first-order chi connectivity index (χ1) is 10.6. The minimum absolute atomic E-state index is 0.0657. The van der Waals surface area contributed by atoms with Gasteiger partial charge in [0.2, 0.25) is 5.91 Å². The quantitative estimate of drug-likeness (QED) is 0.760. The van der Waals surface area contributed by atoms with Crippen molar-refractivity contribution < 1.29 is 4.79 Å². The van der Waals surface area contributed by atoms with Crippen LogP contribution in [-0.4, -0.2) is 32.7 Å². The topological polar surface area (TPSA) is 59.8 Å². The Kier molecular flexibility index (Phi) is 6.45. The summed E-state index contributed by atoms with van der Waals surface area (Å²) in [6.45, 7) is 4.84. The summed E-state index contributed by atoms with van der Waals surface area (Å²) in [5.41, 5.74) is 0. The Hall–Kier alpha value is -1.82. The van der Waals surface area contributed by atoms with Gasteiger partial charge in [0.15, 0.2) is 0 Å². The summed E-state index contributed by atoms with van der Waals surface area (Å²) < 4.78 is 1.75. The lowest BCUT2D eigenvalue weighted by molar-refractivity contribution is -0.121. The van der Waals surface area contributed by atoms with Crippen LogP contribution in [0.2, 0.25) is 0 Å². The smallest absolute Gasteiger partial charge is 0.221 e. The molecule has 1 atom stereocenters. The summed E-state index contributed by atoms with van der Waals surface area (Å²) in [5.74, 6) is 1.21. The number of nitrogens with one attached hydrogen (secondary N) is 1. The van der Waals surface area contributed by atoms with Crippen molar-refractivity contribution >= 4 is 17.7 Å². The van der Waals surface area contributed by atoms with Crippen molar-refractivity contribution in [2.24, 2.45) is 5.92 Å². The summed E-state index contributed by atoms with van der Waals surface area (Å²) >= 11 is 1.70. The first-order valence-electron chi connectivity index (χ1n) is 7.46. The monoisotopic (exact) mass is 318 g/mol. The maximum atomic E-state index is 12.1. The van der Waals surface area contributed by atoms with E-state index in [0.717, 1.165) is 5.75 Å². The Morgan fingerprint density at radius 3 is 2.73 bits per heavy atom. The van der Waals surface area contributed by atoms with Crippen LogP contribution in [0, 0.1) is 5.92 Å². The molecule has 0 spiro atoms. The van der Waals surface area contributed by atoms with Crippen molar-refractivity contribution in [3.63, 3.8) is 0 Å². The van der Waals surface area contributed by atoms with Crippen LogP contribution in [0.1, 0.15) is 20.3 Å². The number of aromatic nitrogens is 3. The summed E-state index contributed by atoms with van der Waals surface area (Å²) in [4.78, 5) is 13.3. The third-order valence-corrected chi connectivity index (χ3v) is 4.36. The molecule has 0 unspecified atom stereocenters. The van der Waals surface area contributed by atoms with E-state index in [1.807, 2.05) is 24.4 Å². The zero-order valence-corrected chi connectivity index (χ0v) is 13.8. The summed E-state index contributed by atoms with van der Waals surface area (Å²) in [6.07, 6.45) is 3.97. The number of carbonyl (C=O) groups is 1. The van der Waals surface area contributed by atoms with Crippen LogP contribution >= 0.6 is 11.8 Å². The van der Waals surface area contributed by atoms with Gasteiger partial charge in [-0.05, 0) is 18.1 Å². The highest BCUT2D eigenvalue weighted by Gasteiger charge is 2.17. The van der Waals surface area contributed by atoms with Crippen molar-refractivity contribution in [1.82, 2.24) is 20.3 Å². The van der Waals surface area contributed by atoms with E-state index in [-0.39, 0.29) is 11.9 Å². The second kappa shape index (κ2) is 8.58. The molecule has 6 heteroatoms. The van der Waals surface area contributed by atoms with Gasteiger partial charge in [0.25, 0.3) is 0 Å². The molecule has 0 aliphatic carbocycles. The van der Waals surface area contributed by atoms with Crippen molar-refractivity contribution in [3.05, 3.63) is 42.7 Å². The third kappa shape index (κ3) is 5.52. The number of rotatable bonds is 8. The molecule has 1 amide bonds. The molecule has 2 rings (SSSR count). The number of hydrogen-bond acceptors (Lipinski definition) is 4. The molecule has 1 aromatic carbocycles. The van der Waals surface area contributed by atoms with Crippen LogP contribution in [0.15, 0.2) is 47.6 Å². The molecule has 0 bridgehead atoms. The molecule has 22 heavy (non-hydrogen) atoms. The lowest BCUT2D eigenvalue weighted by Crippen LogP contribution is -2.41. The summed E-state index contributed by atoms with van der Waals surface area (Å²) in [6, 6.07) is 10.2. The lowest BCUT2D eigenvalue weighted by atomic mass is 10.0. The number of amides is 1. The Labute approximate surface area is 135 Å². The van der Waals surface area contributed by atoms with Crippen molar-refractivity contribution in [2.75, 3.05) is 5.75 Å². The van der Waals surface area contributed by atoms with Crippen molar-refractivity contribution in [3.8, 4) is 0 Å². The van der Waals surface area contributed by atoms with Gasteiger partial charge in [0.1, 0.15) is 0 Å². The predicted molar refractivity (Wildman–Crippen MR) is 88.6 cm³/mol. The average molecular weight is 318 g/mol. The van der Waals surface area contributed by atoms with Gasteiger partial charge < -0.3 is 5.32 Å². The maximum Gasteiger partial charge on any atom is 0.221 e. The molecule has 1 aromatic heterocycles. The highest BCUT2D eigenvalue weighted by atomic mass is 32.2. The Morgan fingerprint density at radius 1 is 1.32 bits per heavy atom. The largest absolute Gasteiger partial charge is 0.351 e. The molecule has 0 saturated carbocycles. The van der Waals surface area contributed by atoms with Gasteiger partial charge in [-0.25, -0.2) is 0 Å². The van der Waals surface area contributed by atoms with Gasteiger partial charge in [-0.15, -0.1) is 16.9 Å². The van der Waals surface area contributed by atoms with Gasteiger partial charge in [-0.2, -0.15) is 0 Å². The Bertz CT molecular complexity index is 557. The third-order valence-electron chi connectivity index (χ3n) is 3.35.